The number of methoxy groups -OCH3 is 1. The fraction of sp³-hybridized carbons (Fsp3) is 0.409. The van der Waals surface area contributed by atoms with Gasteiger partial charge < -0.3 is 14.6 Å². The zero-order valence-electron chi connectivity index (χ0n) is 17.0. The predicted octanol–water partition coefficient (Wildman–Crippen LogP) is 3.06. The maximum Gasteiger partial charge on any atom is 0.286 e. The summed E-state index contributed by atoms with van der Waals surface area (Å²) >= 11 is 1.02. The third-order valence-corrected chi connectivity index (χ3v) is 5.98. The lowest BCUT2D eigenvalue weighted by atomic mass is 10.0. The zero-order valence-corrected chi connectivity index (χ0v) is 17.9. The van der Waals surface area contributed by atoms with Crippen molar-refractivity contribution in [2.45, 2.75) is 43.6 Å². The maximum absolute atomic E-state index is 11.7. The van der Waals surface area contributed by atoms with Crippen molar-refractivity contribution in [2.75, 3.05) is 13.7 Å². The Bertz CT molecular complexity index is 857. The Kier molecular flexibility index (Phi) is 7.84. The average molecular weight is 431 g/mol. The number of benzene rings is 1. The highest BCUT2D eigenvalue weighted by Crippen LogP contribution is 2.25. The molecule has 30 heavy (non-hydrogen) atoms. The molecule has 0 saturated carbocycles. The van der Waals surface area contributed by atoms with Gasteiger partial charge in [-0.3, -0.25) is 19.9 Å². The molecule has 2 aromatic rings. The number of nitrogens with zero attached hydrogens (tertiary/aromatic N) is 1. The van der Waals surface area contributed by atoms with E-state index in [1.165, 1.54) is 7.11 Å². The molecule has 2 heterocycles. The normalized spacial score (nSPS) is 18.2. The van der Waals surface area contributed by atoms with Crippen LogP contribution < -0.4 is 10.1 Å². The van der Waals surface area contributed by atoms with Crippen LogP contribution in [0.5, 0.6) is 5.75 Å². The molecule has 0 spiro atoms. The Morgan fingerprint density at radius 2 is 1.90 bits per heavy atom. The summed E-state index contributed by atoms with van der Waals surface area (Å²) in [6.07, 6.45) is 2.72. The number of carbonyl (C=O) groups excluding carboxylic acids is 2. The van der Waals surface area contributed by atoms with Crippen molar-refractivity contribution in [3.63, 3.8) is 0 Å². The maximum atomic E-state index is 11.7. The molecule has 1 fully saturated rings. The van der Waals surface area contributed by atoms with E-state index in [4.69, 9.17) is 9.47 Å². The molecule has 8 heteroatoms. The molecule has 1 aromatic heterocycles. The van der Waals surface area contributed by atoms with Crippen LogP contribution >= 0.6 is 11.8 Å². The number of amides is 2. The topological polar surface area (TPSA) is 97.8 Å². The van der Waals surface area contributed by atoms with E-state index in [0.29, 0.717) is 25.2 Å². The van der Waals surface area contributed by atoms with E-state index in [0.717, 1.165) is 35.0 Å². The highest BCUT2D eigenvalue weighted by atomic mass is 32.2. The minimum absolute atomic E-state index is 0.130. The Labute approximate surface area is 180 Å². The number of ether oxygens (including phenoxy) is 2. The molecule has 2 amide bonds. The number of thioether (sulfide) groups is 1. The summed E-state index contributed by atoms with van der Waals surface area (Å²) in [5.74, 6) is 0.307. The van der Waals surface area contributed by atoms with Gasteiger partial charge in [0.1, 0.15) is 5.75 Å². The van der Waals surface area contributed by atoms with E-state index in [9.17, 15) is 14.7 Å². The van der Waals surface area contributed by atoms with E-state index in [-0.39, 0.29) is 22.3 Å². The molecule has 7 nitrogen and oxygen atoms in total. The number of aliphatic hydroxyl groups excluding tert-OH is 1. The number of pyridine rings is 1. The molecular formula is C22H26N2O5S. The van der Waals surface area contributed by atoms with Crippen LogP contribution in [0.15, 0.2) is 42.6 Å². The van der Waals surface area contributed by atoms with Crippen molar-refractivity contribution in [1.29, 1.82) is 0 Å². The number of aliphatic hydroxyl groups is 1. The van der Waals surface area contributed by atoms with Crippen LogP contribution in [0.4, 0.5) is 4.79 Å². The summed E-state index contributed by atoms with van der Waals surface area (Å²) in [6.45, 7) is 2.42. The first-order valence-corrected chi connectivity index (χ1v) is 10.7. The largest absolute Gasteiger partial charge is 0.493 e. The number of aryl methyl sites for hydroxylation is 1. The Morgan fingerprint density at radius 1 is 1.17 bits per heavy atom. The van der Waals surface area contributed by atoms with Crippen LogP contribution in [-0.4, -0.2) is 46.5 Å². The van der Waals surface area contributed by atoms with Gasteiger partial charge in [0.15, 0.2) is 6.29 Å². The Balaban J connectivity index is 1.61. The van der Waals surface area contributed by atoms with E-state index in [2.05, 4.69) is 17.2 Å². The lowest BCUT2D eigenvalue weighted by Crippen LogP contribution is -2.25. The molecule has 0 aliphatic carbocycles. The molecule has 3 atom stereocenters. The highest BCUT2D eigenvalue weighted by molar-refractivity contribution is 8.15. The standard InChI is InChI=1S/C22H26N2O5S/c1-3-14-6-9-18(23-12-14)16(11-20(25)28-2)13-29-17-7-4-15(5-8-17)10-19-21(26)24-22(27)30-19/h4-9,12,16,19-20,25H,3,10-11,13H2,1-2H3,(H,24,26,27). The number of imide groups is 1. The van der Waals surface area contributed by atoms with Crippen molar-refractivity contribution < 1.29 is 24.2 Å². The summed E-state index contributed by atoms with van der Waals surface area (Å²) in [7, 11) is 1.46. The van der Waals surface area contributed by atoms with Gasteiger partial charge in [-0.05, 0) is 42.2 Å². The molecule has 2 N–H and O–H groups in total. The van der Waals surface area contributed by atoms with Crippen LogP contribution in [0.2, 0.25) is 0 Å². The van der Waals surface area contributed by atoms with Gasteiger partial charge in [0.05, 0.1) is 11.9 Å². The first kappa shape index (κ1) is 22.3. The van der Waals surface area contributed by atoms with Gasteiger partial charge in [0.2, 0.25) is 5.91 Å². The van der Waals surface area contributed by atoms with Crippen molar-refractivity contribution in [3.05, 3.63) is 59.4 Å². The molecule has 160 valence electrons. The number of aromatic nitrogens is 1. The molecule has 1 aliphatic heterocycles. The van der Waals surface area contributed by atoms with Crippen LogP contribution in [0.3, 0.4) is 0 Å². The molecule has 3 unspecified atom stereocenters. The molecule has 0 bridgehead atoms. The number of hydrogen-bond acceptors (Lipinski definition) is 7. The molecule has 3 rings (SSSR count). The van der Waals surface area contributed by atoms with Gasteiger partial charge in [-0.2, -0.15) is 0 Å². The molecule has 0 radical (unpaired) electrons. The summed E-state index contributed by atoms with van der Waals surface area (Å²) in [5.41, 5.74) is 2.94. The minimum atomic E-state index is -0.897. The first-order valence-electron chi connectivity index (χ1n) is 9.87. The van der Waals surface area contributed by atoms with E-state index >= 15 is 0 Å². The van der Waals surface area contributed by atoms with Gasteiger partial charge in [0.25, 0.3) is 5.24 Å². The monoisotopic (exact) mass is 430 g/mol. The van der Waals surface area contributed by atoms with Gasteiger partial charge in [-0.25, -0.2) is 0 Å². The lowest BCUT2D eigenvalue weighted by Gasteiger charge is -2.20. The second-order valence-electron chi connectivity index (χ2n) is 7.11. The van der Waals surface area contributed by atoms with Gasteiger partial charge in [0, 0.05) is 31.3 Å². The Hall–Kier alpha value is -2.42. The van der Waals surface area contributed by atoms with Crippen LogP contribution in [0.1, 0.15) is 36.1 Å². The van der Waals surface area contributed by atoms with Crippen LogP contribution in [0, 0.1) is 0 Å². The lowest BCUT2D eigenvalue weighted by molar-refractivity contribution is -0.118. The summed E-state index contributed by atoms with van der Waals surface area (Å²) in [5, 5.41) is 11.5. The summed E-state index contributed by atoms with van der Waals surface area (Å²) in [6, 6.07) is 11.5. The number of rotatable bonds is 10. The molecule has 1 aromatic carbocycles. The number of nitrogens with one attached hydrogen (secondary N) is 1. The predicted molar refractivity (Wildman–Crippen MR) is 115 cm³/mol. The third-order valence-electron chi connectivity index (χ3n) is 4.99. The second-order valence-corrected chi connectivity index (χ2v) is 8.29. The average Bonchev–Trinajstić information content (AvgIpc) is 3.08. The van der Waals surface area contributed by atoms with Crippen molar-refractivity contribution in [3.8, 4) is 5.75 Å². The summed E-state index contributed by atoms with van der Waals surface area (Å²) in [4.78, 5) is 27.5. The fourth-order valence-electron chi connectivity index (χ4n) is 3.16. The fourth-order valence-corrected chi connectivity index (χ4v) is 4.02. The van der Waals surface area contributed by atoms with Crippen molar-refractivity contribution in [2.24, 2.45) is 0 Å². The third kappa shape index (κ3) is 6.04. The van der Waals surface area contributed by atoms with Crippen molar-refractivity contribution in [1.82, 2.24) is 10.3 Å². The zero-order chi connectivity index (χ0) is 21.5. The van der Waals surface area contributed by atoms with Gasteiger partial charge in [-0.15, -0.1) is 0 Å². The first-order chi connectivity index (χ1) is 14.5. The van der Waals surface area contributed by atoms with E-state index in [1.807, 2.05) is 42.6 Å². The van der Waals surface area contributed by atoms with Gasteiger partial charge >= 0.3 is 0 Å². The van der Waals surface area contributed by atoms with Crippen LogP contribution in [-0.2, 0) is 22.4 Å². The minimum Gasteiger partial charge on any atom is -0.493 e. The molecule has 1 saturated heterocycles. The number of carbonyl (C=O) groups is 2. The quantitative estimate of drug-likeness (QED) is 0.559. The smallest absolute Gasteiger partial charge is 0.286 e. The SMILES string of the molecule is CCc1ccc(C(COc2ccc(CC3SC(=O)NC3=O)cc2)CC(O)OC)nc1. The highest BCUT2D eigenvalue weighted by Gasteiger charge is 2.31. The van der Waals surface area contributed by atoms with Crippen LogP contribution in [0.25, 0.3) is 0 Å². The van der Waals surface area contributed by atoms with E-state index < -0.39 is 6.29 Å². The van der Waals surface area contributed by atoms with Gasteiger partial charge in [-0.1, -0.05) is 36.9 Å². The van der Waals surface area contributed by atoms with Crippen molar-refractivity contribution >= 4 is 22.9 Å². The Morgan fingerprint density at radius 3 is 2.47 bits per heavy atom. The number of hydrogen-bond donors (Lipinski definition) is 2. The molecule has 1 aliphatic rings. The second kappa shape index (κ2) is 10.6. The summed E-state index contributed by atoms with van der Waals surface area (Å²) < 4.78 is 11.0. The van der Waals surface area contributed by atoms with E-state index in [1.54, 1.807) is 0 Å². The molecular weight excluding hydrogens is 404 g/mol.